The molecule has 1 aromatic heterocycles. The highest BCUT2D eigenvalue weighted by Crippen LogP contribution is 2.29. The Morgan fingerprint density at radius 1 is 1.00 bits per heavy atom. The molecular weight excluding hydrogens is 548 g/mol. The van der Waals surface area contributed by atoms with Crippen LogP contribution in [0.4, 0.5) is 4.79 Å². The van der Waals surface area contributed by atoms with Crippen LogP contribution < -0.4 is 14.8 Å². The lowest BCUT2D eigenvalue weighted by atomic mass is 10.0. The lowest BCUT2D eigenvalue weighted by molar-refractivity contribution is 0.0402. The van der Waals surface area contributed by atoms with Crippen molar-refractivity contribution in [3.05, 3.63) is 78.1 Å². The third-order valence-electron chi connectivity index (χ3n) is 7.60. The van der Waals surface area contributed by atoms with Crippen LogP contribution in [0, 0.1) is 5.92 Å². The number of carbonyl (C=O) groups excluding carboxylic acids is 2. The third-order valence-corrected chi connectivity index (χ3v) is 7.60. The van der Waals surface area contributed by atoms with Gasteiger partial charge < -0.3 is 38.6 Å². The number of methoxy groups -OCH3 is 2. The molecule has 4 rings (SSSR count). The van der Waals surface area contributed by atoms with E-state index in [1.807, 2.05) is 72.1 Å². The second-order valence-electron chi connectivity index (χ2n) is 11.0. The van der Waals surface area contributed by atoms with Gasteiger partial charge in [0.1, 0.15) is 6.10 Å². The van der Waals surface area contributed by atoms with E-state index in [0.29, 0.717) is 56.5 Å². The number of ether oxygens (including phenoxy) is 4. The van der Waals surface area contributed by atoms with Crippen LogP contribution in [0.25, 0.3) is 5.69 Å². The molecule has 0 saturated carbocycles. The molecule has 0 bridgehead atoms. The lowest BCUT2D eigenvalue weighted by Gasteiger charge is -2.32. The summed E-state index contributed by atoms with van der Waals surface area (Å²) in [6, 6.07) is 17.1. The predicted octanol–water partition coefficient (Wildman–Crippen LogP) is 4.61. The Balaban J connectivity index is 1.40. The standard InChI is InChI=1S/C33H44N4O6/c1-24(2)37(32(38)25-13-14-29(41-5)30(19-25)42-18-10-17-40-4)23-27-20-34-21-31(27)43-33(39)35(3)22-26-11-6-7-12-28(26)36-15-8-9-16-36/h6-9,11-16,19,24,27,31,34H,10,17-18,20-23H2,1-5H3/t27-,31+/m0/s1. The van der Waals surface area contributed by atoms with Crippen LogP contribution in [0.15, 0.2) is 67.0 Å². The van der Waals surface area contributed by atoms with E-state index in [9.17, 15) is 9.59 Å². The van der Waals surface area contributed by atoms with Crippen LogP contribution in [-0.4, -0.2) is 92.6 Å². The van der Waals surface area contributed by atoms with Gasteiger partial charge in [-0.3, -0.25) is 4.79 Å². The molecule has 0 unspecified atom stereocenters. The van der Waals surface area contributed by atoms with E-state index < -0.39 is 6.09 Å². The highest BCUT2D eigenvalue weighted by molar-refractivity contribution is 5.95. The molecule has 1 fully saturated rings. The number of para-hydroxylation sites is 1. The second kappa shape index (κ2) is 15.5. The topological polar surface area (TPSA) is 94.5 Å². The Hall–Kier alpha value is -4.02. The van der Waals surface area contributed by atoms with E-state index in [0.717, 1.165) is 17.7 Å². The first kappa shape index (κ1) is 31.9. The third kappa shape index (κ3) is 8.30. The quantitative estimate of drug-likeness (QED) is 0.273. The zero-order valence-electron chi connectivity index (χ0n) is 25.8. The van der Waals surface area contributed by atoms with Gasteiger partial charge in [-0.1, -0.05) is 18.2 Å². The van der Waals surface area contributed by atoms with Crippen molar-refractivity contribution in [2.45, 2.75) is 39.0 Å². The molecule has 1 aliphatic rings. The molecule has 1 N–H and O–H groups in total. The minimum Gasteiger partial charge on any atom is -0.493 e. The zero-order valence-corrected chi connectivity index (χ0v) is 25.8. The normalized spacial score (nSPS) is 16.2. The van der Waals surface area contributed by atoms with Crippen LogP contribution in [0.2, 0.25) is 0 Å². The molecule has 0 radical (unpaired) electrons. The van der Waals surface area contributed by atoms with Gasteiger partial charge in [0, 0.05) is 82.4 Å². The molecule has 1 saturated heterocycles. The predicted molar refractivity (Wildman–Crippen MR) is 165 cm³/mol. The van der Waals surface area contributed by atoms with Crippen molar-refractivity contribution in [1.82, 2.24) is 19.7 Å². The van der Waals surface area contributed by atoms with Gasteiger partial charge in [-0.2, -0.15) is 0 Å². The Morgan fingerprint density at radius 3 is 2.49 bits per heavy atom. The Bertz CT molecular complexity index is 1330. The maximum Gasteiger partial charge on any atom is 0.410 e. The SMILES string of the molecule is COCCCOc1cc(C(=O)N(C[C@@H]2CNC[C@H]2OC(=O)N(C)Cc2ccccc2-n2cccc2)C(C)C)ccc1OC. The molecular formula is C33H44N4O6. The summed E-state index contributed by atoms with van der Waals surface area (Å²) >= 11 is 0. The molecule has 2 amide bonds. The number of nitrogens with zero attached hydrogens (tertiary/aromatic N) is 3. The van der Waals surface area contributed by atoms with Crippen molar-refractivity contribution in [3.63, 3.8) is 0 Å². The van der Waals surface area contributed by atoms with Crippen LogP contribution in [0.5, 0.6) is 11.5 Å². The van der Waals surface area contributed by atoms with E-state index in [4.69, 9.17) is 18.9 Å². The average molecular weight is 593 g/mol. The molecule has 43 heavy (non-hydrogen) atoms. The molecule has 232 valence electrons. The van der Waals surface area contributed by atoms with Crippen molar-refractivity contribution in [3.8, 4) is 17.2 Å². The fourth-order valence-electron chi connectivity index (χ4n) is 5.21. The van der Waals surface area contributed by atoms with E-state index >= 15 is 0 Å². The number of amides is 2. The van der Waals surface area contributed by atoms with Gasteiger partial charge in [-0.15, -0.1) is 0 Å². The smallest absolute Gasteiger partial charge is 0.410 e. The minimum absolute atomic E-state index is 0.0566. The fraction of sp³-hybridized carbons (Fsp3) is 0.455. The van der Waals surface area contributed by atoms with Crippen LogP contribution in [-0.2, 0) is 16.0 Å². The minimum atomic E-state index is -0.395. The molecule has 2 aromatic carbocycles. The number of hydrogen-bond acceptors (Lipinski definition) is 7. The van der Waals surface area contributed by atoms with Gasteiger partial charge in [0.15, 0.2) is 11.5 Å². The first-order valence-corrected chi connectivity index (χ1v) is 14.8. The van der Waals surface area contributed by atoms with E-state index in [2.05, 4.69) is 5.32 Å². The van der Waals surface area contributed by atoms with Gasteiger partial charge in [-0.25, -0.2) is 4.79 Å². The number of rotatable bonds is 14. The van der Waals surface area contributed by atoms with Crippen LogP contribution in [0.3, 0.4) is 0 Å². The number of hydrogen-bond donors (Lipinski definition) is 1. The number of benzene rings is 2. The summed E-state index contributed by atoms with van der Waals surface area (Å²) in [5, 5.41) is 3.34. The molecule has 10 heteroatoms. The Labute approximate surface area is 254 Å². The summed E-state index contributed by atoms with van der Waals surface area (Å²) in [6.45, 7) is 7.03. The van der Waals surface area contributed by atoms with Gasteiger partial charge in [0.25, 0.3) is 5.91 Å². The first-order valence-electron chi connectivity index (χ1n) is 14.8. The highest BCUT2D eigenvalue weighted by Gasteiger charge is 2.35. The maximum atomic E-state index is 13.7. The molecule has 3 aromatic rings. The monoisotopic (exact) mass is 592 g/mol. The molecule has 0 aliphatic carbocycles. The van der Waals surface area contributed by atoms with E-state index in [-0.39, 0.29) is 24.0 Å². The van der Waals surface area contributed by atoms with Crippen molar-refractivity contribution >= 4 is 12.0 Å². The number of nitrogens with one attached hydrogen (secondary N) is 1. The van der Waals surface area contributed by atoms with Crippen molar-refractivity contribution < 1.29 is 28.5 Å². The largest absolute Gasteiger partial charge is 0.493 e. The second-order valence-corrected chi connectivity index (χ2v) is 11.0. The Morgan fingerprint density at radius 2 is 1.77 bits per heavy atom. The van der Waals surface area contributed by atoms with E-state index in [1.54, 1.807) is 44.4 Å². The van der Waals surface area contributed by atoms with E-state index in [1.165, 1.54) is 0 Å². The molecule has 10 nitrogen and oxygen atoms in total. The summed E-state index contributed by atoms with van der Waals surface area (Å²) in [5.74, 6) is 0.912. The Kier molecular flexibility index (Phi) is 11.5. The zero-order chi connectivity index (χ0) is 30.8. The van der Waals surface area contributed by atoms with Gasteiger partial charge in [-0.05, 0) is 55.8 Å². The van der Waals surface area contributed by atoms with Crippen molar-refractivity contribution in [2.75, 3.05) is 54.1 Å². The average Bonchev–Trinajstić information content (AvgIpc) is 3.70. The molecule has 2 atom stereocenters. The first-order chi connectivity index (χ1) is 20.8. The number of aromatic nitrogens is 1. The summed E-state index contributed by atoms with van der Waals surface area (Å²) in [5.41, 5.74) is 2.54. The van der Waals surface area contributed by atoms with Gasteiger partial charge in [0.05, 0.1) is 20.3 Å². The summed E-state index contributed by atoms with van der Waals surface area (Å²) < 4.78 is 24.5. The van der Waals surface area contributed by atoms with Crippen molar-refractivity contribution in [2.24, 2.45) is 5.92 Å². The molecule has 2 heterocycles. The fourth-order valence-corrected chi connectivity index (χ4v) is 5.21. The summed E-state index contributed by atoms with van der Waals surface area (Å²) in [7, 11) is 4.97. The van der Waals surface area contributed by atoms with Crippen molar-refractivity contribution in [1.29, 1.82) is 0 Å². The molecule has 1 aliphatic heterocycles. The summed E-state index contributed by atoms with van der Waals surface area (Å²) in [6.07, 6.45) is 3.93. The summed E-state index contributed by atoms with van der Waals surface area (Å²) in [4.78, 5) is 30.4. The van der Waals surface area contributed by atoms with Gasteiger partial charge >= 0.3 is 6.09 Å². The lowest BCUT2D eigenvalue weighted by Crippen LogP contribution is -2.44. The highest BCUT2D eigenvalue weighted by atomic mass is 16.6. The molecule has 0 spiro atoms. The maximum absolute atomic E-state index is 13.7. The number of carbonyl (C=O) groups is 2. The van der Waals surface area contributed by atoms with Crippen LogP contribution in [0.1, 0.15) is 36.2 Å². The van der Waals surface area contributed by atoms with Gasteiger partial charge in [0.2, 0.25) is 0 Å². The van der Waals surface area contributed by atoms with Crippen LogP contribution >= 0.6 is 0 Å².